The van der Waals surface area contributed by atoms with E-state index in [2.05, 4.69) is 10.3 Å². The summed E-state index contributed by atoms with van der Waals surface area (Å²) >= 11 is 5.67. The second kappa shape index (κ2) is 4.98. The van der Waals surface area contributed by atoms with Crippen LogP contribution in [0.15, 0.2) is 48.5 Å². The first-order valence-corrected chi connectivity index (χ1v) is 6.36. The number of amides is 1. The number of carbonyl (C=O) groups excluding carboxylic acids is 1. The van der Waals surface area contributed by atoms with Gasteiger partial charge in [-0.1, -0.05) is 35.9 Å². The molecule has 0 spiro atoms. The maximum atomic E-state index is 13.7. The quantitative estimate of drug-likeness (QED) is 0.729. The first-order chi connectivity index (χ1) is 9.65. The Morgan fingerprint density at radius 2 is 1.95 bits per heavy atom. The van der Waals surface area contributed by atoms with Gasteiger partial charge in [-0.2, -0.15) is 0 Å². The third-order valence-corrected chi connectivity index (χ3v) is 3.27. The maximum Gasteiger partial charge on any atom is 0.272 e. The normalized spacial score (nSPS) is 10.7. The molecule has 0 bridgehead atoms. The molecule has 2 aromatic carbocycles. The summed E-state index contributed by atoms with van der Waals surface area (Å²) in [6.07, 6.45) is 0. The minimum Gasteiger partial charge on any atom is -0.351 e. The molecule has 0 aliphatic carbocycles. The summed E-state index contributed by atoms with van der Waals surface area (Å²) in [4.78, 5) is 15.1. The first kappa shape index (κ1) is 12.7. The van der Waals surface area contributed by atoms with Gasteiger partial charge >= 0.3 is 0 Å². The maximum absolute atomic E-state index is 13.7. The molecule has 0 aliphatic heterocycles. The highest BCUT2D eigenvalue weighted by Crippen LogP contribution is 2.23. The van der Waals surface area contributed by atoms with Gasteiger partial charge in [0.1, 0.15) is 5.69 Å². The van der Waals surface area contributed by atoms with Crippen molar-refractivity contribution in [2.24, 2.45) is 0 Å². The fraction of sp³-hybridized carbons (Fsp3) is 0. The average molecular weight is 289 g/mol. The van der Waals surface area contributed by atoms with Gasteiger partial charge in [-0.15, -0.1) is 0 Å². The summed E-state index contributed by atoms with van der Waals surface area (Å²) in [6.45, 7) is 0. The van der Waals surface area contributed by atoms with E-state index in [4.69, 9.17) is 11.6 Å². The monoisotopic (exact) mass is 288 g/mol. The molecular formula is C15H10ClFN2O. The van der Waals surface area contributed by atoms with Crippen LogP contribution in [0.25, 0.3) is 10.9 Å². The largest absolute Gasteiger partial charge is 0.351 e. The highest BCUT2D eigenvalue weighted by atomic mass is 35.5. The lowest BCUT2D eigenvalue weighted by atomic mass is 10.2. The van der Waals surface area contributed by atoms with E-state index in [0.717, 1.165) is 10.9 Å². The lowest BCUT2D eigenvalue weighted by molar-refractivity contribution is 0.102. The van der Waals surface area contributed by atoms with Crippen molar-refractivity contribution >= 4 is 34.1 Å². The van der Waals surface area contributed by atoms with Gasteiger partial charge in [0.2, 0.25) is 0 Å². The molecule has 3 nitrogen and oxygen atoms in total. The number of nitrogens with one attached hydrogen (secondary N) is 2. The number of aromatic nitrogens is 1. The van der Waals surface area contributed by atoms with Crippen molar-refractivity contribution in [1.29, 1.82) is 0 Å². The standard InChI is InChI=1S/C15H10ClFN2O/c16-10-5-3-7-12(14(10)17)19-15(20)13-8-9-4-1-2-6-11(9)18-13/h1-8,18H,(H,19,20). The zero-order chi connectivity index (χ0) is 14.1. The van der Waals surface area contributed by atoms with Crippen LogP contribution in [0, 0.1) is 5.82 Å². The molecule has 1 amide bonds. The summed E-state index contributed by atoms with van der Waals surface area (Å²) in [7, 11) is 0. The molecule has 3 aromatic rings. The number of rotatable bonds is 2. The van der Waals surface area contributed by atoms with Crippen LogP contribution in [0.3, 0.4) is 0 Å². The Morgan fingerprint density at radius 3 is 2.75 bits per heavy atom. The van der Waals surface area contributed by atoms with Crippen LogP contribution >= 0.6 is 11.6 Å². The predicted octanol–water partition coefficient (Wildman–Crippen LogP) is 4.21. The van der Waals surface area contributed by atoms with E-state index in [1.54, 1.807) is 12.1 Å². The highest BCUT2D eigenvalue weighted by molar-refractivity contribution is 6.31. The number of para-hydroxylation sites is 1. The molecule has 2 N–H and O–H groups in total. The Morgan fingerprint density at radius 1 is 1.15 bits per heavy atom. The summed E-state index contributed by atoms with van der Waals surface area (Å²) < 4.78 is 13.7. The third kappa shape index (κ3) is 2.26. The molecule has 1 heterocycles. The van der Waals surface area contributed by atoms with Crippen LogP contribution in [0.1, 0.15) is 10.5 Å². The fourth-order valence-electron chi connectivity index (χ4n) is 1.99. The van der Waals surface area contributed by atoms with Gasteiger partial charge in [0.05, 0.1) is 10.7 Å². The molecule has 0 atom stereocenters. The van der Waals surface area contributed by atoms with Crippen molar-refractivity contribution in [2.75, 3.05) is 5.32 Å². The predicted molar refractivity (Wildman–Crippen MR) is 77.7 cm³/mol. The van der Waals surface area contributed by atoms with E-state index >= 15 is 0 Å². The van der Waals surface area contributed by atoms with E-state index in [-0.39, 0.29) is 10.7 Å². The number of aromatic amines is 1. The van der Waals surface area contributed by atoms with E-state index in [0.29, 0.717) is 5.69 Å². The minimum atomic E-state index is -0.640. The van der Waals surface area contributed by atoms with Gasteiger partial charge in [-0.25, -0.2) is 4.39 Å². The van der Waals surface area contributed by atoms with Crippen molar-refractivity contribution in [3.05, 3.63) is 65.1 Å². The van der Waals surface area contributed by atoms with Gasteiger partial charge in [-0.05, 0) is 24.3 Å². The van der Waals surface area contributed by atoms with Crippen LogP contribution in [-0.2, 0) is 0 Å². The van der Waals surface area contributed by atoms with Gasteiger partial charge in [0, 0.05) is 10.9 Å². The van der Waals surface area contributed by atoms with E-state index < -0.39 is 11.7 Å². The molecule has 3 rings (SSSR count). The van der Waals surface area contributed by atoms with Gasteiger partial charge < -0.3 is 10.3 Å². The number of benzene rings is 2. The number of anilines is 1. The van der Waals surface area contributed by atoms with Crippen LogP contribution in [-0.4, -0.2) is 10.9 Å². The van der Waals surface area contributed by atoms with Gasteiger partial charge in [0.25, 0.3) is 5.91 Å². The zero-order valence-corrected chi connectivity index (χ0v) is 11.0. The van der Waals surface area contributed by atoms with E-state index in [9.17, 15) is 9.18 Å². The summed E-state index contributed by atoms with van der Waals surface area (Å²) in [6, 6.07) is 13.7. The summed E-state index contributed by atoms with van der Waals surface area (Å²) in [5.41, 5.74) is 1.27. The van der Waals surface area contributed by atoms with Crippen LogP contribution in [0.5, 0.6) is 0 Å². The molecule has 0 unspecified atom stereocenters. The Hall–Kier alpha value is -2.33. The summed E-state index contributed by atoms with van der Waals surface area (Å²) in [5.74, 6) is -1.05. The molecule has 5 heteroatoms. The molecule has 0 radical (unpaired) electrons. The first-order valence-electron chi connectivity index (χ1n) is 5.98. The highest BCUT2D eigenvalue weighted by Gasteiger charge is 2.13. The Kier molecular flexibility index (Phi) is 3.16. The topological polar surface area (TPSA) is 44.9 Å². The van der Waals surface area contributed by atoms with E-state index in [1.807, 2.05) is 24.3 Å². The van der Waals surface area contributed by atoms with Crippen LogP contribution < -0.4 is 5.32 Å². The second-order valence-corrected chi connectivity index (χ2v) is 4.73. The molecule has 20 heavy (non-hydrogen) atoms. The van der Waals surface area contributed by atoms with Crippen molar-refractivity contribution < 1.29 is 9.18 Å². The molecular weight excluding hydrogens is 279 g/mol. The van der Waals surface area contributed by atoms with Gasteiger partial charge in [-0.3, -0.25) is 4.79 Å². The lowest BCUT2D eigenvalue weighted by Gasteiger charge is -2.05. The minimum absolute atomic E-state index is 0.0283. The average Bonchev–Trinajstić information content (AvgIpc) is 2.88. The SMILES string of the molecule is O=C(Nc1cccc(Cl)c1F)c1cc2ccccc2[nH]1. The molecule has 0 fully saturated rings. The Labute approximate surface area is 119 Å². The summed E-state index contributed by atoms with van der Waals surface area (Å²) in [5, 5.41) is 3.39. The van der Waals surface area contributed by atoms with Crippen LogP contribution in [0.2, 0.25) is 5.02 Å². The molecule has 1 aromatic heterocycles. The molecule has 100 valence electrons. The number of hydrogen-bond donors (Lipinski definition) is 2. The number of carbonyl (C=O) groups is 1. The van der Waals surface area contributed by atoms with E-state index in [1.165, 1.54) is 12.1 Å². The molecule has 0 saturated carbocycles. The number of H-pyrrole nitrogens is 1. The molecule has 0 saturated heterocycles. The van der Waals surface area contributed by atoms with Crippen molar-refractivity contribution in [3.8, 4) is 0 Å². The van der Waals surface area contributed by atoms with Gasteiger partial charge in [0.15, 0.2) is 5.82 Å². The zero-order valence-electron chi connectivity index (χ0n) is 10.3. The number of fused-ring (bicyclic) bond motifs is 1. The van der Waals surface area contributed by atoms with Crippen molar-refractivity contribution in [1.82, 2.24) is 4.98 Å². The Bertz CT molecular complexity index is 764. The lowest BCUT2D eigenvalue weighted by Crippen LogP contribution is -2.13. The van der Waals surface area contributed by atoms with Crippen molar-refractivity contribution in [3.63, 3.8) is 0 Å². The smallest absolute Gasteiger partial charge is 0.272 e. The second-order valence-electron chi connectivity index (χ2n) is 4.33. The number of hydrogen-bond acceptors (Lipinski definition) is 1. The third-order valence-electron chi connectivity index (χ3n) is 2.97. The molecule has 0 aliphatic rings. The van der Waals surface area contributed by atoms with Crippen LogP contribution in [0.4, 0.5) is 10.1 Å². The number of halogens is 2. The van der Waals surface area contributed by atoms with Crippen molar-refractivity contribution in [2.45, 2.75) is 0 Å². The Balaban J connectivity index is 1.91. The fourth-order valence-corrected chi connectivity index (χ4v) is 2.16.